The second kappa shape index (κ2) is 17.3. The van der Waals surface area contributed by atoms with Crippen molar-refractivity contribution >= 4 is 52.9 Å². The van der Waals surface area contributed by atoms with Gasteiger partial charge in [-0.3, -0.25) is 14.4 Å². The van der Waals surface area contributed by atoms with Gasteiger partial charge in [-0.2, -0.15) is 0 Å². The molecule has 10 heteroatoms. The van der Waals surface area contributed by atoms with Gasteiger partial charge in [0, 0.05) is 21.8 Å². The van der Waals surface area contributed by atoms with Crippen LogP contribution in [0.2, 0.25) is 0 Å². The third-order valence-electron chi connectivity index (χ3n) is 7.30. The first kappa shape index (κ1) is 35.2. The lowest BCUT2D eigenvalue weighted by Gasteiger charge is -2.18. The second-order valence-corrected chi connectivity index (χ2v) is 12.0. The Morgan fingerprint density at radius 1 is 0.720 bits per heavy atom. The number of methoxy groups -OCH3 is 1. The third kappa shape index (κ3) is 9.71. The highest BCUT2D eigenvalue weighted by molar-refractivity contribution is 8.00. The van der Waals surface area contributed by atoms with Gasteiger partial charge in [-0.15, -0.1) is 11.8 Å². The lowest BCUT2D eigenvalue weighted by atomic mass is 10.1. The van der Waals surface area contributed by atoms with Crippen LogP contribution in [0.1, 0.15) is 44.0 Å². The Balaban J connectivity index is 1.31. The van der Waals surface area contributed by atoms with Crippen molar-refractivity contribution in [1.82, 2.24) is 5.32 Å². The van der Waals surface area contributed by atoms with E-state index in [1.54, 1.807) is 111 Å². The molecular weight excluding hydrogens is 651 g/mol. The van der Waals surface area contributed by atoms with Crippen molar-refractivity contribution in [3.63, 3.8) is 0 Å². The maximum atomic E-state index is 13.6. The van der Waals surface area contributed by atoms with Crippen LogP contribution < -0.4 is 20.7 Å². The number of hydrogen-bond donors (Lipinski definition) is 3. The smallest absolute Gasteiger partial charge is 0.338 e. The van der Waals surface area contributed by atoms with Gasteiger partial charge in [0.05, 0.1) is 19.3 Å². The van der Waals surface area contributed by atoms with Gasteiger partial charge >= 0.3 is 5.97 Å². The van der Waals surface area contributed by atoms with E-state index in [4.69, 9.17) is 9.47 Å². The summed E-state index contributed by atoms with van der Waals surface area (Å²) < 4.78 is 10.4. The van der Waals surface area contributed by atoms with Crippen LogP contribution in [0.15, 0.2) is 144 Å². The Morgan fingerprint density at radius 2 is 1.36 bits per heavy atom. The zero-order chi connectivity index (χ0) is 35.3. The number of rotatable bonds is 13. The van der Waals surface area contributed by atoms with Crippen LogP contribution in [-0.2, 0) is 14.3 Å². The predicted molar refractivity (Wildman–Crippen MR) is 196 cm³/mol. The van der Waals surface area contributed by atoms with Gasteiger partial charge in [-0.05, 0) is 96.9 Å². The molecule has 0 fully saturated rings. The molecule has 5 aromatic rings. The molecule has 0 saturated heterocycles. The first-order valence-electron chi connectivity index (χ1n) is 15.8. The van der Waals surface area contributed by atoms with Gasteiger partial charge in [-0.25, -0.2) is 4.79 Å². The second-order valence-electron chi connectivity index (χ2n) is 10.8. The highest BCUT2D eigenvalue weighted by atomic mass is 32.2. The number of carbonyl (C=O) groups is 4. The van der Waals surface area contributed by atoms with Crippen molar-refractivity contribution in [2.45, 2.75) is 17.1 Å². The fourth-order valence-corrected chi connectivity index (χ4v) is 5.83. The highest BCUT2D eigenvalue weighted by Gasteiger charge is 2.23. The Kier molecular flexibility index (Phi) is 12.2. The van der Waals surface area contributed by atoms with Crippen LogP contribution in [-0.4, -0.2) is 37.4 Å². The summed E-state index contributed by atoms with van der Waals surface area (Å²) >= 11 is 1.35. The van der Waals surface area contributed by atoms with E-state index < -0.39 is 23.0 Å². The number of amides is 3. The lowest BCUT2D eigenvalue weighted by Crippen LogP contribution is -2.30. The van der Waals surface area contributed by atoms with Gasteiger partial charge in [0.25, 0.3) is 11.8 Å². The molecule has 1 unspecified atom stereocenters. The average molecular weight is 686 g/mol. The Bertz CT molecular complexity index is 1960. The number of ether oxygens (including phenoxy) is 2. The minimum atomic E-state index is -0.605. The normalized spacial score (nSPS) is 11.5. The average Bonchev–Trinajstić information content (AvgIpc) is 3.15. The summed E-state index contributed by atoms with van der Waals surface area (Å²) in [5.41, 5.74) is 3.34. The molecule has 9 nitrogen and oxygen atoms in total. The molecule has 0 heterocycles. The highest BCUT2D eigenvalue weighted by Crippen LogP contribution is 2.37. The van der Waals surface area contributed by atoms with Gasteiger partial charge in [0.2, 0.25) is 5.91 Å². The quantitative estimate of drug-likeness (QED) is 0.0658. The lowest BCUT2D eigenvalue weighted by molar-refractivity contribution is -0.116. The molecule has 5 aromatic carbocycles. The Hall–Kier alpha value is -6.13. The minimum absolute atomic E-state index is 0.0432. The molecule has 50 heavy (non-hydrogen) atoms. The fraction of sp³-hybridized carbons (Fsp3) is 0.100. The van der Waals surface area contributed by atoms with Gasteiger partial charge in [0.15, 0.2) is 0 Å². The van der Waals surface area contributed by atoms with E-state index in [1.165, 1.54) is 11.8 Å². The topological polar surface area (TPSA) is 123 Å². The largest absolute Gasteiger partial charge is 0.497 e. The van der Waals surface area contributed by atoms with Crippen LogP contribution in [0.25, 0.3) is 6.08 Å². The Morgan fingerprint density at radius 3 is 2.02 bits per heavy atom. The van der Waals surface area contributed by atoms with E-state index in [-0.39, 0.29) is 18.2 Å². The summed E-state index contributed by atoms with van der Waals surface area (Å²) in [5, 5.41) is 7.94. The van der Waals surface area contributed by atoms with Crippen molar-refractivity contribution in [2.75, 3.05) is 24.4 Å². The molecule has 252 valence electrons. The summed E-state index contributed by atoms with van der Waals surface area (Å²) in [6, 6.07) is 38.8. The number of nitrogens with one attached hydrogen (secondary N) is 3. The fourth-order valence-electron chi connectivity index (χ4n) is 4.80. The number of benzene rings is 5. The Labute approximate surface area is 294 Å². The summed E-state index contributed by atoms with van der Waals surface area (Å²) in [7, 11) is 1.55. The zero-order valence-corrected chi connectivity index (χ0v) is 28.2. The van der Waals surface area contributed by atoms with E-state index >= 15 is 0 Å². The van der Waals surface area contributed by atoms with Crippen LogP contribution in [0, 0.1) is 0 Å². The standard InChI is InChI=1S/C40H35N3O6S/c1-3-49-40(47)30-17-19-31(20-18-30)42-39(46)36(28-12-6-4-7-13-28)50-34-23-21-32(22-24-34)41-38(45)35(26-27-11-10-16-33(25-27)48-2)43-37(44)29-14-8-5-9-15-29/h4-26,36H,3H2,1-2H3,(H,41,45)(H,42,46)(H,43,44)/b35-26-. The molecular formula is C40H35N3O6S. The molecule has 0 spiro atoms. The number of thioether (sulfide) groups is 1. The monoisotopic (exact) mass is 685 g/mol. The molecule has 0 aromatic heterocycles. The molecule has 1 atom stereocenters. The van der Waals surface area contributed by atoms with Crippen molar-refractivity contribution < 1.29 is 28.7 Å². The van der Waals surface area contributed by atoms with Crippen LogP contribution in [0.3, 0.4) is 0 Å². The third-order valence-corrected chi connectivity index (χ3v) is 8.57. The van der Waals surface area contributed by atoms with E-state index in [2.05, 4.69) is 16.0 Å². The molecule has 0 bridgehead atoms. The van der Waals surface area contributed by atoms with E-state index in [9.17, 15) is 19.2 Å². The molecule has 0 aliphatic heterocycles. The number of anilines is 2. The van der Waals surface area contributed by atoms with E-state index in [0.29, 0.717) is 33.8 Å². The van der Waals surface area contributed by atoms with Crippen LogP contribution >= 0.6 is 11.8 Å². The number of hydrogen-bond acceptors (Lipinski definition) is 7. The predicted octanol–water partition coefficient (Wildman–Crippen LogP) is 7.75. The van der Waals surface area contributed by atoms with E-state index in [0.717, 1.165) is 10.5 Å². The van der Waals surface area contributed by atoms with Crippen LogP contribution in [0.5, 0.6) is 5.75 Å². The molecule has 0 aliphatic rings. The number of carbonyl (C=O) groups excluding carboxylic acids is 4. The van der Waals surface area contributed by atoms with Crippen LogP contribution in [0.4, 0.5) is 11.4 Å². The first-order valence-corrected chi connectivity index (χ1v) is 16.6. The van der Waals surface area contributed by atoms with Crippen molar-refractivity contribution in [2.24, 2.45) is 0 Å². The molecule has 3 amide bonds. The van der Waals surface area contributed by atoms with Gasteiger partial charge in [0.1, 0.15) is 16.7 Å². The van der Waals surface area contributed by atoms with Crippen molar-refractivity contribution in [3.8, 4) is 5.75 Å². The summed E-state index contributed by atoms with van der Waals surface area (Å²) in [5.74, 6) is -1.02. The first-order chi connectivity index (χ1) is 24.3. The maximum absolute atomic E-state index is 13.6. The van der Waals surface area contributed by atoms with E-state index in [1.807, 2.05) is 42.5 Å². The summed E-state index contributed by atoms with van der Waals surface area (Å²) in [6.07, 6.45) is 1.58. The van der Waals surface area contributed by atoms with Crippen molar-refractivity contribution in [3.05, 3.63) is 161 Å². The minimum Gasteiger partial charge on any atom is -0.497 e. The number of esters is 1. The van der Waals surface area contributed by atoms with Crippen molar-refractivity contribution in [1.29, 1.82) is 0 Å². The SMILES string of the molecule is CCOC(=O)c1ccc(NC(=O)C(Sc2ccc(NC(=O)/C(=C/c3cccc(OC)c3)NC(=O)c3ccccc3)cc2)c2ccccc2)cc1. The van der Waals surface area contributed by atoms with Gasteiger partial charge in [-0.1, -0.05) is 60.7 Å². The zero-order valence-electron chi connectivity index (χ0n) is 27.4. The maximum Gasteiger partial charge on any atom is 0.338 e. The molecule has 3 N–H and O–H groups in total. The molecule has 5 rings (SSSR count). The molecule has 0 aliphatic carbocycles. The molecule has 0 radical (unpaired) electrons. The molecule has 0 saturated carbocycles. The summed E-state index contributed by atoms with van der Waals surface area (Å²) in [4.78, 5) is 52.9. The van der Waals surface area contributed by atoms with Gasteiger partial charge < -0.3 is 25.4 Å². The summed E-state index contributed by atoms with van der Waals surface area (Å²) in [6.45, 7) is 2.01.